The highest BCUT2D eigenvalue weighted by atomic mass is 16.4. The largest absolute Gasteiger partial charge is 0.477 e. The smallest absolute Gasteiger partial charge is 0.362 e. The number of nitrogens with zero attached hydrogens (tertiary/aromatic N) is 1. The lowest BCUT2D eigenvalue weighted by molar-refractivity contribution is -0.973. The summed E-state index contributed by atoms with van der Waals surface area (Å²) in [6.45, 7) is 7.99. The number of aliphatic carboxylic acids is 3. The molecule has 0 aliphatic heterocycles. The zero-order chi connectivity index (χ0) is 26.0. The first-order valence-electron chi connectivity index (χ1n) is 13.4. The van der Waals surface area contributed by atoms with E-state index in [1.54, 1.807) is 0 Å². The summed E-state index contributed by atoms with van der Waals surface area (Å²) in [6.07, 6.45) is 14.8. The van der Waals surface area contributed by atoms with Gasteiger partial charge in [0.05, 0.1) is 6.54 Å². The van der Waals surface area contributed by atoms with Crippen LogP contribution in [0, 0.1) is 0 Å². The summed E-state index contributed by atoms with van der Waals surface area (Å²) in [7, 11) is 0. The molecule has 0 heterocycles. The molecule has 0 saturated carbocycles. The van der Waals surface area contributed by atoms with Crippen LogP contribution >= 0.6 is 0 Å². The van der Waals surface area contributed by atoms with Gasteiger partial charge in [-0.3, -0.25) is 4.48 Å². The van der Waals surface area contributed by atoms with Crippen LogP contribution in [0.25, 0.3) is 0 Å². The molecule has 0 aromatic carbocycles. The van der Waals surface area contributed by atoms with Crippen LogP contribution in [0.2, 0.25) is 0 Å². The molecule has 0 bridgehead atoms. The number of allylic oxidation sites excluding steroid dienone is 2. The third kappa shape index (κ3) is 10.2. The summed E-state index contributed by atoms with van der Waals surface area (Å²) < 4.78 is -0.378. The molecule has 0 amide bonds. The third-order valence-electron chi connectivity index (χ3n) is 6.85. The van der Waals surface area contributed by atoms with Crippen molar-refractivity contribution in [2.45, 2.75) is 136 Å². The lowest BCUT2D eigenvalue weighted by Crippen LogP contribution is -2.72. The second-order valence-electron chi connectivity index (χ2n) is 9.44. The Bertz CT molecular complexity index is 558. The average molecular weight is 485 g/mol. The number of carbonyl (C=O) groups is 3. The Hall–Kier alpha value is -1.89. The van der Waals surface area contributed by atoms with Crippen molar-refractivity contribution in [2.75, 3.05) is 6.54 Å². The normalized spacial score (nSPS) is 16.1. The zero-order valence-corrected chi connectivity index (χ0v) is 22.0. The van der Waals surface area contributed by atoms with Crippen LogP contribution in [0.4, 0.5) is 0 Å². The first kappa shape index (κ1) is 32.1. The summed E-state index contributed by atoms with van der Waals surface area (Å²) in [5.74, 6) is -3.27. The molecule has 0 saturated heterocycles. The van der Waals surface area contributed by atoms with Gasteiger partial charge < -0.3 is 15.3 Å². The summed E-state index contributed by atoms with van der Waals surface area (Å²) in [4.78, 5) is 37.4. The van der Waals surface area contributed by atoms with Crippen molar-refractivity contribution in [3.05, 3.63) is 12.2 Å². The molecule has 0 spiro atoms. The molecule has 0 radical (unpaired) electrons. The van der Waals surface area contributed by atoms with Crippen molar-refractivity contribution in [3.8, 4) is 0 Å². The molecule has 7 heteroatoms. The molecule has 7 nitrogen and oxygen atoms in total. The molecule has 0 rings (SSSR count). The Kier molecular flexibility index (Phi) is 17.4. The van der Waals surface area contributed by atoms with E-state index in [2.05, 4.69) is 19.1 Å². The topological polar surface area (TPSA) is 112 Å². The van der Waals surface area contributed by atoms with Crippen LogP contribution < -0.4 is 0 Å². The van der Waals surface area contributed by atoms with E-state index >= 15 is 0 Å². The fourth-order valence-corrected chi connectivity index (χ4v) is 5.29. The molecule has 3 atom stereocenters. The Labute approximate surface area is 206 Å². The lowest BCUT2D eigenvalue weighted by atomic mass is 9.91. The first-order valence-corrected chi connectivity index (χ1v) is 13.4. The molecule has 3 N–H and O–H groups in total. The molecule has 198 valence electrons. The Morgan fingerprint density at radius 3 is 1.35 bits per heavy atom. The van der Waals surface area contributed by atoms with Gasteiger partial charge in [0.15, 0.2) is 18.1 Å². The van der Waals surface area contributed by atoms with E-state index in [1.165, 1.54) is 0 Å². The van der Waals surface area contributed by atoms with Gasteiger partial charge in [0, 0.05) is 19.3 Å². The Morgan fingerprint density at radius 1 is 0.618 bits per heavy atom. The van der Waals surface area contributed by atoms with Gasteiger partial charge in [-0.1, -0.05) is 59.1 Å². The summed E-state index contributed by atoms with van der Waals surface area (Å²) in [5, 5.41) is 30.6. The monoisotopic (exact) mass is 484 g/mol. The maximum absolute atomic E-state index is 12.5. The van der Waals surface area contributed by atoms with Gasteiger partial charge in [-0.25, -0.2) is 14.4 Å². The van der Waals surface area contributed by atoms with Crippen LogP contribution in [-0.2, 0) is 14.4 Å². The highest BCUT2D eigenvalue weighted by Crippen LogP contribution is 2.34. The molecular weight excluding hydrogens is 434 g/mol. The number of carboxylic acids is 3. The van der Waals surface area contributed by atoms with Crippen molar-refractivity contribution in [1.82, 2.24) is 0 Å². The number of rotatable bonds is 22. The third-order valence-corrected chi connectivity index (χ3v) is 6.85. The number of carboxylic acid groups (broad SMARTS) is 3. The van der Waals surface area contributed by atoms with Crippen LogP contribution in [0.3, 0.4) is 0 Å². The molecule has 3 unspecified atom stereocenters. The summed E-state index contributed by atoms with van der Waals surface area (Å²) in [6, 6.07) is -3.14. The van der Waals surface area contributed by atoms with Crippen molar-refractivity contribution in [3.63, 3.8) is 0 Å². The molecule has 0 aromatic heterocycles. The SMILES string of the molecule is CC/C=C/CCCCCCCC[N+](C(CCC)C(=O)O)(C(CCC)C(=O)O)C(CCC)C(=O)O. The van der Waals surface area contributed by atoms with Crippen LogP contribution in [0.15, 0.2) is 12.2 Å². The van der Waals surface area contributed by atoms with E-state index in [0.29, 0.717) is 25.7 Å². The van der Waals surface area contributed by atoms with Crippen molar-refractivity contribution in [1.29, 1.82) is 0 Å². The minimum Gasteiger partial charge on any atom is -0.477 e. The maximum atomic E-state index is 12.5. The predicted octanol–water partition coefficient (Wildman–Crippen LogP) is 6.26. The quantitative estimate of drug-likeness (QED) is 0.0950. The predicted molar refractivity (Wildman–Crippen MR) is 136 cm³/mol. The second-order valence-corrected chi connectivity index (χ2v) is 9.44. The minimum atomic E-state index is -1.09. The molecule has 0 aromatic rings. The minimum absolute atomic E-state index is 0.265. The Morgan fingerprint density at radius 2 is 1.00 bits per heavy atom. The van der Waals surface area contributed by atoms with Gasteiger partial charge in [0.1, 0.15) is 0 Å². The summed E-state index contributed by atoms with van der Waals surface area (Å²) in [5.41, 5.74) is 0. The van der Waals surface area contributed by atoms with Gasteiger partial charge in [0.25, 0.3) is 0 Å². The zero-order valence-electron chi connectivity index (χ0n) is 22.0. The molecule has 0 aliphatic carbocycles. The lowest BCUT2D eigenvalue weighted by Gasteiger charge is -2.50. The number of unbranched alkanes of at least 4 members (excludes halogenated alkanes) is 6. The fourth-order valence-electron chi connectivity index (χ4n) is 5.29. The molecular formula is C27H50NO6+. The van der Waals surface area contributed by atoms with E-state index in [-0.39, 0.29) is 30.3 Å². The van der Waals surface area contributed by atoms with Gasteiger partial charge in [0.2, 0.25) is 0 Å². The number of hydrogen-bond donors (Lipinski definition) is 3. The van der Waals surface area contributed by atoms with E-state index in [0.717, 1.165) is 44.9 Å². The number of quaternary nitrogens is 1. The van der Waals surface area contributed by atoms with E-state index in [4.69, 9.17) is 0 Å². The van der Waals surface area contributed by atoms with Gasteiger partial charge >= 0.3 is 17.9 Å². The van der Waals surface area contributed by atoms with Gasteiger partial charge in [-0.05, 0) is 51.4 Å². The van der Waals surface area contributed by atoms with Gasteiger partial charge in [-0.2, -0.15) is 0 Å². The van der Waals surface area contributed by atoms with Crippen LogP contribution in [-0.4, -0.2) is 62.4 Å². The number of hydrogen-bond acceptors (Lipinski definition) is 3. The average Bonchev–Trinajstić information content (AvgIpc) is 2.78. The van der Waals surface area contributed by atoms with Crippen LogP contribution in [0.1, 0.15) is 118 Å². The fraction of sp³-hybridized carbons (Fsp3) is 0.815. The van der Waals surface area contributed by atoms with E-state index in [1.807, 2.05) is 20.8 Å². The molecule has 0 aliphatic rings. The maximum Gasteiger partial charge on any atom is 0.362 e. The van der Waals surface area contributed by atoms with Crippen molar-refractivity contribution >= 4 is 17.9 Å². The van der Waals surface area contributed by atoms with E-state index < -0.39 is 36.0 Å². The summed E-state index contributed by atoms with van der Waals surface area (Å²) >= 11 is 0. The Balaban J connectivity index is 5.85. The van der Waals surface area contributed by atoms with Gasteiger partial charge in [-0.15, -0.1) is 0 Å². The van der Waals surface area contributed by atoms with Crippen molar-refractivity contribution in [2.24, 2.45) is 0 Å². The second kappa shape index (κ2) is 18.4. The molecule has 0 fully saturated rings. The van der Waals surface area contributed by atoms with E-state index in [9.17, 15) is 29.7 Å². The highest BCUT2D eigenvalue weighted by Gasteiger charge is 2.56. The first-order chi connectivity index (χ1) is 16.2. The highest BCUT2D eigenvalue weighted by molar-refractivity contribution is 5.78. The van der Waals surface area contributed by atoms with Crippen LogP contribution in [0.5, 0.6) is 0 Å². The van der Waals surface area contributed by atoms with Crippen molar-refractivity contribution < 1.29 is 34.2 Å². The standard InChI is InChI=1S/C27H49NO6/c1-5-9-10-11-12-13-14-15-16-17-21-28(22(18-6-2)25(29)30,23(19-7-3)26(31)32)24(20-8-4)27(33)34/h9-10,22-24H,5-8,11-21H2,1-4H3,(H2-,29,30,31,32,33,34)/p+1/b10-9+. The molecule has 34 heavy (non-hydrogen) atoms.